The van der Waals surface area contributed by atoms with Gasteiger partial charge in [0.1, 0.15) is 11.9 Å². The van der Waals surface area contributed by atoms with Crippen LogP contribution in [0.15, 0.2) is 72.8 Å². The van der Waals surface area contributed by atoms with Crippen molar-refractivity contribution in [3.05, 3.63) is 84.2 Å². The van der Waals surface area contributed by atoms with Gasteiger partial charge in [-0.1, -0.05) is 30.3 Å². The monoisotopic (exact) mass is 380 g/mol. The van der Waals surface area contributed by atoms with Crippen LogP contribution in [0.1, 0.15) is 11.6 Å². The molecule has 0 saturated carbocycles. The fourth-order valence-corrected chi connectivity index (χ4v) is 2.79. The Kier molecular flexibility index (Phi) is 6.11. The maximum atomic E-state index is 13.1. The summed E-state index contributed by atoms with van der Waals surface area (Å²) < 4.78 is 23.7. The Hall–Kier alpha value is -3.54. The molecule has 0 spiro atoms. The summed E-state index contributed by atoms with van der Waals surface area (Å²) >= 11 is 0. The largest absolute Gasteiger partial charge is 0.493 e. The number of halogens is 1. The fraction of sp³-hybridized carbons (Fsp3) is 0.136. The van der Waals surface area contributed by atoms with Crippen LogP contribution in [-0.2, 0) is 4.79 Å². The topological polar surface area (TPSA) is 59.6 Å². The molecule has 0 radical (unpaired) electrons. The Labute approximate surface area is 163 Å². The highest BCUT2D eigenvalue weighted by Crippen LogP contribution is 2.31. The molecular formula is C22H21FN2O3. The number of amides is 1. The highest BCUT2D eigenvalue weighted by atomic mass is 19.1. The molecule has 1 amide bonds. The number of hydrogen-bond acceptors (Lipinski definition) is 4. The van der Waals surface area contributed by atoms with Crippen LogP contribution in [0.4, 0.5) is 15.8 Å². The summed E-state index contributed by atoms with van der Waals surface area (Å²) in [7, 11) is 3.12. The minimum atomic E-state index is -0.663. The van der Waals surface area contributed by atoms with Gasteiger partial charge in [-0.25, -0.2) is 4.39 Å². The molecule has 3 aromatic rings. The van der Waals surface area contributed by atoms with Crippen molar-refractivity contribution in [2.24, 2.45) is 0 Å². The molecule has 0 aliphatic carbocycles. The van der Waals surface area contributed by atoms with Gasteiger partial charge in [0.2, 0.25) is 0 Å². The molecule has 0 heterocycles. The minimum Gasteiger partial charge on any atom is -0.493 e. The van der Waals surface area contributed by atoms with Gasteiger partial charge in [-0.15, -0.1) is 0 Å². The normalized spacial score (nSPS) is 11.4. The van der Waals surface area contributed by atoms with Crippen LogP contribution < -0.4 is 20.1 Å². The molecule has 0 fully saturated rings. The molecule has 0 saturated heterocycles. The molecule has 6 heteroatoms. The van der Waals surface area contributed by atoms with E-state index in [0.29, 0.717) is 22.9 Å². The van der Waals surface area contributed by atoms with Gasteiger partial charge in [-0.2, -0.15) is 0 Å². The number of anilines is 2. The second-order valence-electron chi connectivity index (χ2n) is 6.05. The molecule has 0 aliphatic heterocycles. The third-order valence-electron chi connectivity index (χ3n) is 4.20. The van der Waals surface area contributed by atoms with E-state index in [1.54, 1.807) is 26.4 Å². The minimum absolute atomic E-state index is 0.271. The lowest BCUT2D eigenvalue weighted by atomic mass is 10.1. The van der Waals surface area contributed by atoms with Crippen LogP contribution in [0.3, 0.4) is 0 Å². The highest BCUT2D eigenvalue weighted by molar-refractivity contribution is 5.97. The summed E-state index contributed by atoms with van der Waals surface area (Å²) in [5.74, 6) is 0.520. The summed E-state index contributed by atoms with van der Waals surface area (Å²) in [6, 6.07) is 19.7. The maximum absolute atomic E-state index is 13.1. The molecule has 28 heavy (non-hydrogen) atoms. The van der Waals surface area contributed by atoms with Crippen LogP contribution >= 0.6 is 0 Å². The van der Waals surface area contributed by atoms with Crippen molar-refractivity contribution >= 4 is 17.3 Å². The number of hydrogen-bond donors (Lipinski definition) is 2. The van der Waals surface area contributed by atoms with Gasteiger partial charge in [0.15, 0.2) is 11.5 Å². The number of carbonyl (C=O) groups is 1. The standard InChI is InChI=1S/C22H21FN2O3/c1-27-19-13-12-18(14-20(19)28-2)24-21(15-6-4-3-5-7-15)22(26)25-17-10-8-16(23)9-11-17/h3-14,21,24H,1-2H3,(H,25,26)/t21-/m1/s1. The van der Waals surface area contributed by atoms with E-state index >= 15 is 0 Å². The van der Waals surface area contributed by atoms with E-state index in [0.717, 1.165) is 5.56 Å². The van der Waals surface area contributed by atoms with E-state index in [1.165, 1.54) is 24.3 Å². The van der Waals surface area contributed by atoms with Crippen molar-refractivity contribution < 1.29 is 18.7 Å². The van der Waals surface area contributed by atoms with E-state index in [1.807, 2.05) is 36.4 Å². The molecule has 2 N–H and O–H groups in total. The summed E-state index contributed by atoms with van der Waals surface area (Å²) in [5.41, 5.74) is 2.00. The summed E-state index contributed by atoms with van der Waals surface area (Å²) in [6.07, 6.45) is 0. The summed E-state index contributed by atoms with van der Waals surface area (Å²) in [6.45, 7) is 0. The number of rotatable bonds is 7. The number of carbonyl (C=O) groups excluding carboxylic acids is 1. The van der Waals surface area contributed by atoms with Gasteiger partial charge in [-0.3, -0.25) is 4.79 Å². The highest BCUT2D eigenvalue weighted by Gasteiger charge is 2.21. The average Bonchev–Trinajstić information content (AvgIpc) is 2.74. The van der Waals surface area contributed by atoms with Crippen molar-refractivity contribution in [1.82, 2.24) is 0 Å². The summed E-state index contributed by atoms with van der Waals surface area (Å²) in [5, 5.41) is 6.05. The molecule has 0 aromatic heterocycles. The van der Waals surface area contributed by atoms with Gasteiger partial charge in [0.25, 0.3) is 5.91 Å². The number of methoxy groups -OCH3 is 2. The van der Waals surface area contributed by atoms with Crippen LogP contribution in [0.25, 0.3) is 0 Å². The lowest BCUT2D eigenvalue weighted by molar-refractivity contribution is -0.117. The van der Waals surface area contributed by atoms with Crippen LogP contribution in [0.5, 0.6) is 11.5 Å². The predicted molar refractivity (Wildman–Crippen MR) is 107 cm³/mol. The molecule has 1 atom stereocenters. The molecule has 5 nitrogen and oxygen atoms in total. The Morgan fingerprint density at radius 1 is 0.857 bits per heavy atom. The van der Waals surface area contributed by atoms with Crippen molar-refractivity contribution in [3.8, 4) is 11.5 Å². The zero-order valence-corrected chi connectivity index (χ0v) is 15.6. The van der Waals surface area contributed by atoms with E-state index in [2.05, 4.69) is 10.6 Å². The van der Waals surface area contributed by atoms with Crippen LogP contribution in [0.2, 0.25) is 0 Å². The molecule has 0 unspecified atom stereocenters. The third kappa shape index (κ3) is 4.59. The van der Waals surface area contributed by atoms with Gasteiger partial charge in [-0.05, 0) is 42.0 Å². The van der Waals surface area contributed by atoms with Crippen molar-refractivity contribution in [3.63, 3.8) is 0 Å². The number of ether oxygens (including phenoxy) is 2. The molecule has 3 aromatic carbocycles. The zero-order chi connectivity index (χ0) is 19.9. The average molecular weight is 380 g/mol. The smallest absolute Gasteiger partial charge is 0.251 e. The van der Waals surface area contributed by atoms with E-state index in [-0.39, 0.29) is 11.7 Å². The lowest BCUT2D eigenvalue weighted by Gasteiger charge is -2.21. The second-order valence-corrected chi connectivity index (χ2v) is 6.05. The van der Waals surface area contributed by atoms with E-state index in [9.17, 15) is 9.18 Å². The Morgan fingerprint density at radius 3 is 2.14 bits per heavy atom. The third-order valence-corrected chi connectivity index (χ3v) is 4.20. The zero-order valence-electron chi connectivity index (χ0n) is 15.6. The van der Waals surface area contributed by atoms with Crippen molar-refractivity contribution in [2.75, 3.05) is 24.9 Å². The molecule has 0 aliphatic rings. The molecular weight excluding hydrogens is 359 g/mol. The van der Waals surface area contributed by atoms with Gasteiger partial charge < -0.3 is 20.1 Å². The van der Waals surface area contributed by atoms with Crippen molar-refractivity contribution in [2.45, 2.75) is 6.04 Å². The second kappa shape index (κ2) is 8.90. The molecule has 3 rings (SSSR count). The SMILES string of the molecule is COc1ccc(N[C@@H](C(=O)Nc2ccc(F)cc2)c2ccccc2)cc1OC. The van der Waals surface area contributed by atoms with Crippen LogP contribution in [-0.4, -0.2) is 20.1 Å². The fourth-order valence-electron chi connectivity index (χ4n) is 2.79. The Balaban J connectivity index is 1.87. The molecule has 0 bridgehead atoms. The maximum Gasteiger partial charge on any atom is 0.251 e. The number of nitrogens with one attached hydrogen (secondary N) is 2. The first-order valence-corrected chi connectivity index (χ1v) is 8.70. The Morgan fingerprint density at radius 2 is 1.50 bits per heavy atom. The van der Waals surface area contributed by atoms with Gasteiger partial charge in [0.05, 0.1) is 14.2 Å². The van der Waals surface area contributed by atoms with Crippen LogP contribution in [0, 0.1) is 5.82 Å². The quantitative estimate of drug-likeness (QED) is 0.627. The summed E-state index contributed by atoms with van der Waals surface area (Å²) in [4.78, 5) is 13.0. The van der Waals surface area contributed by atoms with Gasteiger partial charge in [0, 0.05) is 17.4 Å². The lowest BCUT2D eigenvalue weighted by Crippen LogP contribution is -2.27. The molecule has 144 valence electrons. The first-order chi connectivity index (χ1) is 13.6. The predicted octanol–water partition coefficient (Wildman–Crippen LogP) is 4.63. The van der Waals surface area contributed by atoms with Gasteiger partial charge >= 0.3 is 0 Å². The first-order valence-electron chi connectivity index (χ1n) is 8.70. The van der Waals surface area contributed by atoms with E-state index in [4.69, 9.17) is 9.47 Å². The number of benzene rings is 3. The van der Waals surface area contributed by atoms with E-state index < -0.39 is 6.04 Å². The first kappa shape index (κ1) is 19.2. The van der Waals surface area contributed by atoms with Crippen molar-refractivity contribution in [1.29, 1.82) is 0 Å². The Bertz CT molecular complexity index is 930.